The van der Waals surface area contributed by atoms with Crippen molar-refractivity contribution in [1.82, 2.24) is 14.5 Å². The van der Waals surface area contributed by atoms with E-state index in [0.29, 0.717) is 11.6 Å². The van der Waals surface area contributed by atoms with Crippen molar-refractivity contribution in [2.24, 2.45) is 10.2 Å². The molecule has 2 aromatic heterocycles. The maximum atomic E-state index is 10.7. The number of aromatic hydroxyl groups is 1. The quantitative estimate of drug-likeness (QED) is 0.340. The summed E-state index contributed by atoms with van der Waals surface area (Å²) >= 11 is 0. The minimum absolute atomic E-state index is 0.155. The monoisotopic (exact) mass is 347 g/mol. The number of aromatic amines is 1. The maximum Gasteiger partial charge on any atom is 0.247 e. The Hall–Kier alpha value is -3.15. The molecule has 6 heteroatoms. The molecule has 0 aliphatic rings. The molecule has 0 atom stereocenters. The minimum Gasteiger partial charge on any atom is -0.493 e. The zero-order chi connectivity index (χ0) is 17.9. The van der Waals surface area contributed by atoms with Gasteiger partial charge in [-0.3, -0.25) is 0 Å². The molecule has 0 radical (unpaired) electrons. The molecule has 0 amide bonds. The number of unbranched alkanes of at least 4 members (excludes halogenated alkanes) is 2. The molecular weight excluding hydrogens is 326 g/mol. The maximum absolute atomic E-state index is 10.7. The van der Waals surface area contributed by atoms with E-state index in [1.165, 1.54) is 0 Å². The summed E-state index contributed by atoms with van der Waals surface area (Å²) in [5.74, 6) is 0.579. The predicted molar refractivity (Wildman–Crippen MR) is 103 cm³/mol. The fourth-order valence-electron chi connectivity index (χ4n) is 3.20. The van der Waals surface area contributed by atoms with Crippen molar-refractivity contribution in [2.75, 3.05) is 0 Å². The lowest BCUT2D eigenvalue weighted by Gasteiger charge is -2.05. The van der Waals surface area contributed by atoms with E-state index in [2.05, 4.69) is 27.1 Å². The smallest absolute Gasteiger partial charge is 0.247 e. The van der Waals surface area contributed by atoms with Crippen molar-refractivity contribution in [1.29, 1.82) is 0 Å². The molecule has 2 N–H and O–H groups in total. The number of hydrogen-bond donors (Lipinski definition) is 2. The summed E-state index contributed by atoms with van der Waals surface area (Å²) in [6.07, 6.45) is 3.28. The number of fused-ring (bicyclic) bond motifs is 2. The number of para-hydroxylation sites is 3. The zero-order valence-electron chi connectivity index (χ0n) is 14.7. The van der Waals surface area contributed by atoms with Crippen molar-refractivity contribution in [3.05, 3.63) is 48.5 Å². The second-order valence-corrected chi connectivity index (χ2v) is 6.33. The third kappa shape index (κ3) is 2.94. The highest BCUT2D eigenvalue weighted by atomic mass is 16.3. The molecule has 2 aromatic carbocycles. The third-order valence-corrected chi connectivity index (χ3v) is 4.52. The summed E-state index contributed by atoms with van der Waals surface area (Å²) in [6.45, 7) is 2.93. The molecule has 4 aromatic rings. The molecule has 0 bridgehead atoms. The van der Waals surface area contributed by atoms with Gasteiger partial charge in [0.05, 0.1) is 16.6 Å². The summed E-state index contributed by atoms with van der Waals surface area (Å²) in [5.41, 5.74) is 3.21. The van der Waals surface area contributed by atoms with E-state index in [1.54, 1.807) is 0 Å². The first kappa shape index (κ1) is 16.3. The predicted octanol–water partition coefficient (Wildman–Crippen LogP) is 5.83. The normalized spacial score (nSPS) is 11.9. The van der Waals surface area contributed by atoms with E-state index >= 15 is 0 Å². The molecule has 0 unspecified atom stereocenters. The Morgan fingerprint density at radius 2 is 1.85 bits per heavy atom. The van der Waals surface area contributed by atoms with E-state index in [9.17, 15) is 5.11 Å². The topological polar surface area (TPSA) is 78.6 Å². The Labute approximate surface area is 151 Å². The van der Waals surface area contributed by atoms with E-state index in [0.717, 1.165) is 47.7 Å². The van der Waals surface area contributed by atoms with Crippen LogP contribution >= 0.6 is 0 Å². The Balaban J connectivity index is 1.72. The van der Waals surface area contributed by atoms with E-state index in [-0.39, 0.29) is 5.88 Å². The van der Waals surface area contributed by atoms with Crippen LogP contribution in [0.2, 0.25) is 0 Å². The van der Waals surface area contributed by atoms with Crippen molar-refractivity contribution in [3.8, 4) is 5.88 Å². The first-order chi connectivity index (χ1) is 12.8. The van der Waals surface area contributed by atoms with E-state index in [1.807, 2.05) is 53.1 Å². The Morgan fingerprint density at radius 1 is 1.04 bits per heavy atom. The van der Waals surface area contributed by atoms with E-state index < -0.39 is 0 Å². The highest BCUT2D eigenvalue weighted by Gasteiger charge is 2.16. The summed E-state index contributed by atoms with van der Waals surface area (Å²) in [5, 5.41) is 20.1. The lowest BCUT2D eigenvalue weighted by Crippen LogP contribution is -1.96. The molecular formula is C20H21N5O. The van der Waals surface area contributed by atoms with Crippen LogP contribution in [0.5, 0.6) is 5.88 Å². The van der Waals surface area contributed by atoms with Crippen molar-refractivity contribution >= 4 is 33.6 Å². The lowest BCUT2D eigenvalue weighted by atomic mass is 10.2. The van der Waals surface area contributed by atoms with Crippen molar-refractivity contribution in [2.45, 2.75) is 32.7 Å². The van der Waals surface area contributed by atoms with Gasteiger partial charge in [0.15, 0.2) is 5.69 Å². The average Bonchev–Trinajstić information content (AvgIpc) is 3.19. The summed E-state index contributed by atoms with van der Waals surface area (Å²) < 4.78 is 1.91. The molecule has 0 saturated carbocycles. The lowest BCUT2D eigenvalue weighted by molar-refractivity contribution is 0.417. The van der Waals surface area contributed by atoms with Crippen LogP contribution in [-0.2, 0) is 6.54 Å². The van der Waals surface area contributed by atoms with Crippen LogP contribution in [0.3, 0.4) is 0 Å². The molecule has 6 nitrogen and oxygen atoms in total. The van der Waals surface area contributed by atoms with Gasteiger partial charge < -0.3 is 14.7 Å². The number of benzene rings is 2. The Kier molecular flexibility index (Phi) is 4.39. The van der Waals surface area contributed by atoms with Gasteiger partial charge in [-0.25, -0.2) is 4.98 Å². The fraction of sp³-hybridized carbons (Fsp3) is 0.250. The number of azo groups is 1. The van der Waals surface area contributed by atoms with Crippen LogP contribution in [0.15, 0.2) is 58.8 Å². The van der Waals surface area contributed by atoms with Gasteiger partial charge >= 0.3 is 0 Å². The number of rotatable bonds is 6. The van der Waals surface area contributed by atoms with Gasteiger partial charge in [0, 0.05) is 11.9 Å². The van der Waals surface area contributed by atoms with Crippen LogP contribution in [-0.4, -0.2) is 19.6 Å². The first-order valence-corrected chi connectivity index (χ1v) is 8.94. The van der Waals surface area contributed by atoms with Gasteiger partial charge in [-0.2, -0.15) is 0 Å². The second kappa shape index (κ2) is 7.00. The molecule has 0 aliphatic carbocycles. The molecule has 0 aliphatic heterocycles. The first-order valence-electron chi connectivity index (χ1n) is 8.94. The highest BCUT2D eigenvalue weighted by molar-refractivity contribution is 5.95. The number of imidazole rings is 1. The molecule has 132 valence electrons. The number of nitrogens with zero attached hydrogens (tertiary/aromatic N) is 4. The van der Waals surface area contributed by atoms with Crippen molar-refractivity contribution < 1.29 is 5.11 Å². The number of aryl methyl sites for hydroxylation is 1. The fourth-order valence-corrected chi connectivity index (χ4v) is 3.20. The third-order valence-electron chi connectivity index (χ3n) is 4.52. The molecule has 0 saturated heterocycles. The van der Waals surface area contributed by atoms with Gasteiger partial charge in [0.1, 0.15) is 0 Å². The summed E-state index contributed by atoms with van der Waals surface area (Å²) in [4.78, 5) is 7.52. The van der Waals surface area contributed by atoms with E-state index in [4.69, 9.17) is 0 Å². The standard InChI is InChI=1S/C20H21N5O/c1-2-3-8-13-25-17-12-7-4-9-14(17)18(19(25)26)23-24-20-21-15-10-5-6-11-16(15)22-20/h4-7,9-12,26H,2-3,8,13H2,1H3,(H,21,22). The van der Waals surface area contributed by atoms with Crippen LogP contribution in [0.1, 0.15) is 26.2 Å². The molecule has 26 heavy (non-hydrogen) atoms. The van der Waals surface area contributed by atoms with Gasteiger partial charge in [0.2, 0.25) is 11.8 Å². The Morgan fingerprint density at radius 3 is 2.69 bits per heavy atom. The molecule has 0 spiro atoms. The second-order valence-electron chi connectivity index (χ2n) is 6.33. The van der Waals surface area contributed by atoms with Crippen molar-refractivity contribution in [3.63, 3.8) is 0 Å². The van der Waals surface area contributed by atoms with Crippen LogP contribution < -0.4 is 0 Å². The van der Waals surface area contributed by atoms with Gasteiger partial charge in [-0.15, -0.1) is 10.2 Å². The number of aromatic nitrogens is 3. The molecule has 2 heterocycles. The number of hydrogen-bond acceptors (Lipinski definition) is 4. The largest absolute Gasteiger partial charge is 0.493 e. The van der Waals surface area contributed by atoms with Crippen LogP contribution in [0.4, 0.5) is 11.6 Å². The number of nitrogens with one attached hydrogen (secondary N) is 1. The Bertz CT molecular complexity index is 1040. The minimum atomic E-state index is 0.155. The van der Waals surface area contributed by atoms with Crippen LogP contribution in [0, 0.1) is 0 Å². The average molecular weight is 347 g/mol. The van der Waals surface area contributed by atoms with Gasteiger partial charge in [-0.05, 0) is 24.6 Å². The highest BCUT2D eigenvalue weighted by Crippen LogP contribution is 2.39. The van der Waals surface area contributed by atoms with Gasteiger partial charge in [0.25, 0.3) is 0 Å². The zero-order valence-corrected chi connectivity index (χ0v) is 14.7. The molecule has 4 rings (SSSR count). The molecule has 0 fully saturated rings. The number of H-pyrrole nitrogens is 1. The summed E-state index contributed by atoms with van der Waals surface area (Å²) in [7, 11) is 0. The summed E-state index contributed by atoms with van der Waals surface area (Å²) in [6, 6.07) is 15.6. The van der Waals surface area contributed by atoms with Gasteiger partial charge in [-0.1, -0.05) is 50.1 Å². The van der Waals surface area contributed by atoms with Crippen LogP contribution in [0.25, 0.3) is 21.9 Å². The SMILES string of the molecule is CCCCCn1c(O)c(N=Nc2nc3ccccc3[nH]2)c2ccccc21.